The number of hydrogen-bond donors (Lipinski definition) is 0. The van der Waals surface area contributed by atoms with Crippen LogP contribution in [0.1, 0.15) is 26.7 Å². The van der Waals surface area contributed by atoms with Gasteiger partial charge in [-0.25, -0.2) is 4.79 Å². The Morgan fingerprint density at radius 3 is 2.62 bits per heavy atom. The van der Waals surface area contributed by atoms with Crippen molar-refractivity contribution in [3.05, 3.63) is 12.7 Å². The van der Waals surface area contributed by atoms with E-state index >= 15 is 0 Å². The fourth-order valence-corrected chi connectivity index (χ4v) is 3.79. The predicted octanol–water partition coefficient (Wildman–Crippen LogP) is 3.13. The molecule has 0 N–H and O–H groups in total. The third-order valence-electron chi connectivity index (χ3n) is 2.43. The van der Waals surface area contributed by atoms with Crippen molar-refractivity contribution in [3.8, 4) is 0 Å². The van der Waals surface area contributed by atoms with E-state index in [1.165, 1.54) is 6.08 Å². The Balaban J connectivity index is 3.73. The van der Waals surface area contributed by atoms with Gasteiger partial charge in [0, 0.05) is 12.2 Å². The van der Waals surface area contributed by atoms with E-state index in [4.69, 9.17) is 9.16 Å². The molecule has 1 atom stereocenters. The number of ether oxygens (including phenoxy) is 1. The highest BCUT2D eigenvalue weighted by Gasteiger charge is 2.23. The van der Waals surface area contributed by atoms with Gasteiger partial charge in [-0.2, -0.15) is 0 Å². The number of rotatable bonds is 8. The Kier molecular flexibility index (Phi) is 7.33. The van der Waals surface area contributed by atoms with Crippen LogP contribution in [0.3, 0.4) is 0 Å². The Morgan fingerprint density at radius 1 is 1.50 bits per heavy atom. The highest BCUT2D eigenvalue weighted by atomic mass is 28.4. The number of carbonyl (C=O) groups excluding carboxylic acids is 1. The van der Waals surface area contributed by atoms with E-state index < -0.39 is 8.32 Å². The van der Waals surface area contributed by atoms with Crippen molar-refractivity contribution in [2.45, 2.75) is 51.9 Å². The van der Waals surface area contributed by atoms with E-state index in [2.05, 4.69) is 33.5 Å². The summed E-state index contributed by atoms with van der Waals surface area (Å²) in [6, 6.07) is 1.02. The first-order valence-corrected chi connectivity index (χ1v) is 9.00. The molecule has 0 aromatic heterocycles. The lowest BCUT2D eigenvalue weighted by atomic mass is 10.3. The monoisotopic (exact) mass is 244 g/mol. The van der Waals surface area contributed by atoms with Gasteiger partial charge in [-0.15, -0.1) is 0 Å². The van der Waals surface area contributed by atoms with Gasteiger partial charge in [0.25, 0.3) is 0 Å². The maximum Gasteiger partial charge on any atom is 0.330 e. The zero-order chi connectivity index (χ0) is 12.6. The topological polar surface area (TPSA) is 35.5 Å². The van der Waals surface area contributed by atoms with Crippen molar-refractivity contribution in [2.24, 2.45) is 0 Å². The summed E-state index contributed by atoms with van der Waals surface area (Å²) in [4.78, 5) is 10.8. The molecular formula is C12H24O3Si. The minimum atomic E-state index is -1.59. The summed E-state index contributed by atoms with van der Waals surface area (Å²) < 4.78 is 10.9. The zero-order valence-electron chi connectivity index (χ0n) is 10.9. The summed E-state index contributed by atoms with van der Waals surface area (Å²) in [5, 5.41) is 0. The van der Waals surface area contributed by atoms with E-state index in [1.807, 2.05) is 0 Å². The normalized spacial score (nSPS) is 13.2. The van der Waals surface area contributed by atoms with Crippen molar-refractivity contribution in [1.29, 1.82) is 0 Å². The summed E-state index contributed by atoms with van der Waals surface area (Å²) in [5.74, 6) is -0.345. The zero-order valence-corrected chi connectivity index (χ0v) is 11.9. The van der Waals surface area contributed by atoms with Crippen molar-refractivity contribution in [3.63, 3.8) is 0 Å². The lowest BCUT2D eigenvalue weighted by Crippen LogP contribution is -2.34. The van der Waals surface area contributed by atoms with Crippen molar-refractivity contribution in [1.82, 2.24) is 0 Å². The number of hydrogen-bond acceptors (Lipinski definition) is 3. The van der Waals surface area contributed by atoms with Crippen LogP contribution in [0.4, 0.5) is 0 Å². The Bertz CT molecular complexity index is 226. The molecule has 1 unspecified atom stereocenters. The van der Waals surface area contributed by atoms with Crippen molar-refractivity contribution < 1.29 is 14.0 Å². The standard InChI is InChI=1S/C12H24O3Si/c1-6-11(3)15-16(4,5)10-8-9-14-12(13)7-2/h7,11H,2,6,8-10H2,1,3-5H3. The quantitative estimate of drug-likeness (QED) is 0.285. The van der Waals surface area contributed by atoms with E-state index in [1.54, 1.807) is 0 Å². The van der Waals surface area contributed by atoms with Crippen LogP contribution in [0, 0.1) is 0 Å². The third kappa shape index (κ3) is 7.65. The predicted molar refractivity (Wildman–Crippen MR) is 68.9 cm³/mol. The van der Waals surface area contributed by atoms with Gasteiger partial charge < -0.3 is 9.16 Å². The van der Waals surface area contributed by atoms with E-state index in [9.17, 15) is 4.79 Å². The molecular weight excluding hydrogens is 220 g/mol. The van der Waals surface area contributed by atoms with E-state index in [0.717, 1.165) is 18.9 Å². The van der Waals surface area contributed by atoms with E-state index in [-0.39, 0.29) is 5.97 Å². The van der Waals surface area contributed by atoms with Crippen molar-refractivity contribution in [2.75, 3.05) is 6.61 Å². The summed E-state index contributed by atoms with van der Waals surface area (Å²) in [6.45, 7) is 12.4. The van der Waals surface area contributed by atoms with Crippen LogP contribution in [0.2, 0.25) is 19.1 Å². The number of carbonyl (C=O) groups is 1. The molecule has 0 aromatic carbocycles. The largest absolute Gasteiger partial charge is 0.463 e. The number of esters is 1. The van der Waals surface area contributed by atoms with Crippen LogP contribution >= 0.6 is 0 Å². The van der Waals surface area contributed by atoms with Crippen molar-refractivity contribution >= 4 is 14.3 Å². The Labute approximate surface area is 100.0 Å². The molecule has 4 heteroatoms. The van der Waals surface area contributed by atoms with Crippen LogP contribution in [0.5, 0.6) is 0 Å². The molecule has 0 fully saturated rings. The minimum Gasteiger partial charge on any atom is -0.463 e. The molecule has 0 aliphatic rings. The maximum atomic E-state index is 10.8. The van der Waals surface area contributed by atoms with Gasteiger partial charge >= 0.3 is 5.97 Å². The van der Waals surface area contributed by atoms with Gasteiger partial charge in [0.2, 0.25) is 0 Å². The summed E-state index contributed by atoms with van der Waals surface area (Å²) in [7, 11) is -1.59. The highest BCUT2D eigenvalue weighted by Crippen LogP contribution is 2.17. The fourth-order valence-electron chi connectivity index (χ4n) is 1.42. The molecule has 3 nitrogen and oxygen atoms in total. The van der Waals surface area contributed by atoms with Gasteiger partial charge in [-0.1, -0.05) is 13.5 Å². The molecule has 94 valence electrons. The van der Waals surface area contributed by atoms with Crippen LogP contribution in [-0.4, -0.2) is 27.0 Å². The molecule has 0 saturated carbocycles. The average Bonchev–Trinajstić information content (AvgIpc) is 2.23. The second-order valence-electron chi connectivity index (χ2n) is 4.57. The maximum absolute atomic E-state index is 10.8. The first-order valence-electron chi connectivity index (χ1n) is 5.88. The first kappa shape index (κ1) is 15.4. The lowest BCUT2D eigenvalue weighted by Gasteiger charge is -2.26. The summed E-state index contributed by atoms with van der Waals surface area (Å²) >= 11 is 0. The van der Waals surface area contributed by atoms with Crippen LogP contribution in [0.15, 0.2) is 12.7 Å². The second kappa shape index (κ2) is 7.63. The lowest BCUT2D eigenvalue weighted by molar-refractivity contribution is -0.137. The molecule has 0 aromatic rings. The molecule has 0 amide bonds. The van der Waals surface area contributed by atoms with Gasteiger partial charge in [-0.05, 0) is 38.9 Å². The smallest absolute Gasteiger partial charge is 0.330 e. The van der Waals surface area contributed by atoms with Gasteiger partial charge in [0.15, 0.2) is 8.32 Å². The van der Waals surface area contributed by atoms with Crippen LogP contribution in [-0.2, 0) is 14.0 Å². The SMILES string of the molecule is C=CC(=O)OCCC[Si](C)(C)OC(C)CC. The Morgan fingerprint density at radius 2 is 2.12 bits per heavy atom. The molecule has 0 radical (unpaired) electrons. The Hall–Kier alpha value is -0.613. The molecule has 0 bridgehead atoms. The third-order valence-corrected chi connectivity index (χ3v) is 5.03. The molecule has 0 rings (SSSR count). The molecule has 0 saturated heterocycles. The second-order valence-corrected chi connectivity index (χ2v) is 8.83. The summed E-state index contributed by atoms with van der Waals surface area (Å²) in [6.07, 6.45) is 3.44. The molecule has 0 spiro atoms. The van der Waals surface area contributed by atoms with Crippen LogP contribution in [0.25, 0.3) is 0 Å². The molecule has 16 heavy (non-hydrogen) atoms. The minimum absolute atomic E-state index is 0.331. The highest BCUT2D eigenvalue weighted by molar-refractivity contribution is 6.71. The fraction of sp³-hybridized carbons (Fsp3) is 0.750. The summed E-state index contributed by atoms with van der Waals surface area (Å²) in [5.41, 5.74) is 0. The van der Waals surface area contributed by atoms with E-state index in [0.29, 0.717) is 12.7 Å². The van der Waals surface area contributed by atoms with Gasteiger partial charge in [-0.3, -0.25) is 0 Å². The van der Waals surface area contributed by atoms with Crippen LogP contribution < -0.4 is 0 Å². The van der Waals surface area contributed by atoms with Gasteiger partial charge in [0.1, 0.15) is 0 Å². The molecule has 0 heterocycles. The average molecular weight is 244 g/mol. The van der Waals surface area contributed by atoms with Gasteiger partial charge in [0.05, 0.1) is 6.61 Å². The molecule has 0 aliphatic heterocycles. The molecule has 0 aliphatic carbocycles. The first-order chi connectivity index (χ1) is 7.41.